The van der Waals surface area contributed by atoms with Crippen molar-refractivity contribution in [2.24, 2.45) is 11.3 Å². The van der Waals surface area contributed by atoms with E-state index in [0.717, 1.165) is 80.8 Å². The summed E-state index contributed by atoms with van der Waals surface area (Å²) in [4.78, 5) is 24.4. The molecule has 1 aliphatic rings. The average Bonchev–Trinajstić information content (AvgIpc) is 3.05. The van der Waals surface area contributed by atoms with Gasteiger partial charge in [-0.05, 0) is 142 Å². The molecule has 0 radical (unpaired) electrons. The first-order valence-corrected chi connectivity index (χ1v) is 19.6. The van der Waals surface area contributed by atoms with Crippen LogP contribution in [0.25, 0.3) is 0 Å². The first kappa shape index (κ1) is 44.8. The van der Waals surface area contributed by atoms with Crippen LogP contribution in [0.4, 0.5) is 0 Å². The Morgan fingerprint density at radius 2 is 1.55 bits per heavy atom. The summed E-state index contributed by atoms with van der Waals surface area (Å²) < 4.78 is 5.64. The average molecular weight is 683 g/mol. The van der Waals surface area contributed by atoms with E-state index in [1.165, 1.54) is 43.3 Å². The predicted octanol–water partition coefficient (Wildman–Crippen LogP) is 11.6. The first-order chi connectivity index (χ1) is 23.3. The molecule has 1 rings (SSSR count). The lowest BCUT2D eigenvalue weighted by molar-refractivity contribution is -0.144. The van der Waals surface area contributed by atoms with Crippen LogP contribution in [0.3, 0.4) is 0 Å². The highest BCUT2D eigenvalue weighted by Crippen LogP contribution is 2.55. The number of aldehydes is 1. The third-order valence-electron chi connectivity index (χ3n) is 11.0. The molecule has 0 aromatic carbocycles. The van der Waals surface area contributed by atoms with Gasteiger partial charge in [0, 0.05) is 11.8 Å². The van der Waals surface area contributed by atoms with Gasteiger partial charge in [0.15, 0.2) is 0 Å². The number of carbonyl (C=O) groups excluding carboxylic acids is 2. The zero-order chi connectivity index (χ0) is 36.7. The number of allylic oxidation sites excluding steroid dienone is 8. The van der Waals surface area contributed by atoms with Crippen molar-refractivity contribution in [3.63, 3.8) is 0 Å². The van der Waals surface area contributed by atoms with Gasteiger partial charge in [0.05, 0.1) is 18.3 Å². The Kier molecular flexibility index (Phi) is 22.7. The number of hydrogen-bond donors (Lipinski definition) is 2. The predicted molar refractivity (Wildman–Crippen MR) is 207 cm³/mol. The van der Waals surface area contributed by atoms with E-state index in [9.17, 15) is 19.8 Å². The van der Waals surface area contributed by atoms with E-state index >= 15 is 0 Å². The monoisotopic (exact) mass is 683 g/mol. The number of esters is 1. The van der Waals surface area contributed by atoms with Gasteiger partial charge < -0.3 is 14.9 Å². The summed E-state index contributed by atoms with van der Waals surface area (Å²) in [7, 11) is 0. The van der Waals surface area contributed by atoms with Crippen LogP contribution in [0.2, 0.25) is 0 Å². The van der Waals surface area contributed by atoms with Crippen molar-refractivity contribution in [3.8, 4) is 0 Å². The topological polar surface area (TPSA) is 83.8 Å². The number of carbonyl (C=O) groups is 2. The Balaban J connectivity index is 2.69. The second kappa shape index (κ2) is 24.8. The molecule has 5 nitrogen and oxygen atoms in total. The fourth-order valence-electron chi connectivity index (χ4n) is 7.17. The van der Waals surface area contributed by atoms with Crippen LogP contribution in [0.5, 0.6) is 0 Å². The van der Waals surface area contributed by atoms with Crippen molar-refractivity contribution in [1.29, 1.82) is 0 Å². The summed E-state index contributed by atoms with van der Waals surface area (Å²) in [5, 5.41) is 22.6. The second-order valence-electron chi connectivity index (χ2n) is 15.5. The zero-order valence-corrected chi connectivity index (χ0v) is 32.9. The van der Waals surface area contributed by atoms with Crippen LogP contribution >= 0.6 is 0 Å². The number of rotatable bonds is 25. The maximum absolute atomic E-state index is 12.5. The van der Waals surface area contributed by atoms with Crippen molar-refractivity contribution >= 4 is 12.3 Å². The minimum atomic E-state index is -0.905. The molecule has 1 fully saturated rings. The molecule has 4 atom stereocenters. The molecular weight excluding hydrogens is 608 g/mol. The fourth-order valence-corrected chi connectivity index (χ4v) is 7.17. The van der Waals surface area contributed by atoms with Crippen LogP contribution in [-0.4, -0.2) is 40.8 Å². The molecule has 0 aromatic rings. The van der Waals surface area contributed by atoms with Gasteiger partial charge in [-0.2, -0.15) is 0 Å². The molecule has 280 valence electrons. The summed E-state index contributed by atoms with van der Waals surface area (Å²) >= 11 is 0. The molecule has 5 heteroatoms. The van der Waals surface area contributed by atoms with Gasteiger partial charge in [0.25, 0.3) is 0 Å². The van der Waals surface area contributed by atoms with Crippen molar-refractivity contribution in [2.75, 3.05) is 6.61 Å². The summed E-state index contributed by atoms with van der Waals surface area (Å²) in [5.41, 5.74) is 4.08. The fraction of sp³-hybridized carbons (Fsp3) is 0.727. The van der Waals surface area contributed by atoms with Crippen molar-refractivity contribution < 1.29 is 24.5 Å². The summed E-state index contributed by atoms with van der Waals surface area (Å²) in [6.45, 7) is 16.9. The van der Waals surface area contributed by atoms with E-state index < -0.39 is 17.1 Å². The minimum Gasteiger partial charge on any atom is -0.466 e. The molecule has 1 aliphatic carbocycles. The highest BCUT2D eigenvalue weighted by atomic mass is 16.5. The Labute approximate surface area is 301 Å². The highest BCUT2D eigenvalue weighted by Gasteiger charge is 2.52. The summed E-state index contributed by atoms with van der Waals surface area (Å²) in [6, 6.07) is 0. The molecule has 0 unspecified atom stereocenters. The van der Waals surface area contributed by atoms with E-state index in [2.05, 4.69) is 65.0 Å². The minimum absolute atomic E-state index is 0.00617. The number of ether oxygens (including phenoxy) is 1. The van der Waals surface area contributed by atoms with Gasteiger partial charge in [-0.1, -0.05) is 93.1 Å². The lowest BCUT2D eigenvalue weighted by atomic mass is 9.54. The van der Waals surface area contributed by atoms with Crippen molar-refractivity contribution in [3.05, 3.63) is 58.2 Å². The lowest BCUT2D eigenvalue weighted by Crippen LogP contribution is -2.52. The van der Waals surface area contributed by atoms with Gasteiger partial charge in [-0.25, -0.2) is 0 Å². The van der Waals surface area contributed by atoms with Crippen molar-refractivity contribution in [2.45, 2.75) is 189 Å². The molecule has 1 saturated carbocycles. The van der Waals surface area contributed by atoms with Gasteiger partial charge in [0.2, 0.25) is 0 Å². The van der Waals surface area contributed by atoms with Gasteiger partial charge in [-0.15, -0.1) is 0 Å². The molecular formula is C44H74O5. The first-order valence-electron chi connectivity index (χ1n) is 19.6. The smallest absolute Gasteiger partial charge is 0.305 e. The summed E-state index contributed by atoms with van der Waals surface area (Å²) in [5.74, 6) is -0.124. The van der Waals surface area contributed by atoms with E-state index in [0.29, 0.717) is 38.7 Å². The Morgan fingerprint density at radius 3 is 2.22 bits per heavy atom. The lowest BCUT2D eigenvalue weighted by Gasteiger charge is -2.53. The van der Waals surface area contributed by atoms with Gasteiger partial charge in [0.1, 0.15) is 6.29 Å². The van der Waals surface area contributed by atoms with Crippen LogP contribution in [0.15, 0.2) is 58.2 Å². The summed E-state index contributed by atoms with van der Waals surface area (Å²) in [6.07, 6.45) is 29.2. The van der Waals surface area contributed by atoms with E-state index in [1.807, 2.05) is 20.8 Å². The Hall–Kier alpha value is -2.24. The highest BCUT2D eigenvalue weighted by molar-refractivity contribution is 5.74. The molecule has 2 N–H and O–H groups in total. The number of unbranched alkanes of at least 4 members (excludes halogenated alkanes) is 7. The quantitative estimate of drug-likeness (QED) is 0.0329. The van der Waals surface area contributed by atoms with Crippen LogP contribution in [0.1, 0.15) is 177 Å². The molecule has 0 spiro atoms. The van der Waals surface area contributed by atoms with Crippen LogP contribution in [-0.2, 0) is 14.3 Å². The maximum atomic E-state index is 12.5. The normalized spacial score (nSPS) is 23.4. The maximum Gasteiger partial charge on any atom is 0.305 e. The molecule has 0 aromatic heterocycles. The van der Waals surface area contributed by atoms with Gasteiger partial charge >= 0.3 is 5.97 Å². The van der Waals surface area contributed by atoms with Crippen molar-refractivity contribution in [1.82, 2.24) is 0 Å². The van der Waals surface area contributed by atoms with Crippen LogP contribution < -0.4 is 0 Å². The zero-order valence-electron chi connectivity index (χ0n) is 32.9. The molecule has 0 bridgehead atoms. The number of aliphatic hydroxyl groups excluding tert-OH is 1. The van der Waals surface area contributed by atoms with E-state index in [1.54, 1.807) is 0 Å². The molecule has 0 saturated heterocycles. The largest absolute Gasteiger partial charge is 0.466 e. The van der Waals surface area contributed by atoms with E-state index in [-0.39, 0.29) is 11.9 Å². The molecule has 49 heavy (non-hydrogen) atoms. The second-order valence-corrected chi connectivity index (χ2v) is 15.5. The standard InChI is InChI=1S/C44H74O5/c1-9-10-11-12-13-14-15-16-17-18-19-27-42(47)49-33-22-26-40-39(38(6)34-45)30-32-44(8,48)43(40,7)31-21-25-37(5)41(46)29-28-36(4)24-20-23-35(2)3/h12-13,23,25,28,34,40-41,46,48H,9-11,14-22,24,26-27,29-33H2,1-8H3/b13-12-,36-28+,37-25+,39-38-/t40-,41+,43+,44-/m0/s1. The number of hydrogen-bond acceptors (Lipinski definition) is 5. The van der Waals surface area contributed by atoms with Gasteiger partial charge in [-0.3, -0.25) is 9.59 Å². The number of aliphatic hydroxyl groups is 2. The third kappa shape index (κ3) is 17.5. The molecule has 0 aliphatic heterocycles. The molecule has 0 heterocycles. The molecule has 0 amide bonds. The third-order valence-corrected chi connectivity index (χ3v) is 11.0. The van der Waals surface area contributed by atoms with E-state index in [4.69, 9.17) is 4.74 Å². The Morgan fingerprint density at radius 1 is 0.878 bits per heavy atom. The van der Waals surface area contributed by atoms with Crippen LogP contribution in [0, 0.1) is 11.3 Å². The SMILES string of the molecule is CCCC/C=C\CCCCCCCC(=O)OCCC[C@H]1/C(=C(/C)C=O)CC[C@](C)(O)[C@]1(C)CC/C=C(\C)[C@H](O)C/C=C(\C)CCC=C(C)C. The Bertz CT molecular complexity index is 1120.